The van der Waals surface area contributed by atoms with Gasteiger partial charge in [0.25, 0.3) is 0 Å². The largest absolute Gasteiger partial charge is 0.493 e. The van der Waals surface area contributed by atoms with Crippen LogP contribution < -0.4 is 14.2 Å². The molecule has 0 N–H and O–H groups in total. The lowest BCUT2D eigenvalue weighted by Gasteiger charge is -2.45. The van der Waals surface area contributed by atoms with Crippen LogP contribution >= 0.6 is 0 Å². The maximum atomic E-state index is 6.33. The Morgan fingerprint density at radius 2 is 1.06 bits per heavy atom. The van der Waals surface area contributed by atoms with E-state index in [2.05, 4.69) is 41.5 Å². The third-order valence-electron chi connectivity index (χ3n) is 6.55. The molecule has 0 aromatic heterocycles. The van der Waals surface area contributed by atoms with Gasteiger partial charge in [0, 0.05) is 10.8 Å². The lowest BCUT2D eigenvalue weighted by atomic mass is 9.77. The number of hydrogen-bond acceptors (Lipinski definition) is 5. The smallest absolute Gasteiger partial charge is 0.169 e. The van der Waals surface area contributed by atoms with Crippen LogP contribution in [0.15, 0.2) is 24.3 Å². The first-order chi connectivity index (χ1) is 14.6. The summed E-state index contributed by atoms with van der Waals surface area (Å²) in [6.45, 7) is 14.6. The van der Waals surface area contributed by atoms with Crippen molar-refractivity contribution in [2.75, 3.05) is 27.4 Å². The van der Waals surface area contributed by atoms with E-state index in [1.165, 1.54) is 0 Å². The van der Waals surface area contributed by atoms with Crippen molar-refractivity contribution >= 4 is 0 Å². The Balaban J connectivity index is 1.67. The Labute approximate surface area is 185 Å². The highest BCUT2D eigenvalue weighted by molar-refractivity contribution is 5.54. The third-order valence-corrected chi connectivity index (χ3v) is 6.55. The Morgan fingerprint density at radius 3 is 1.32 bits per heavy atom. The zero-order chi connectivity index (χ0) is 22.6. The number of rotatable bonds is 6. The molecule has 2 unspecified atom stereocenters. The summed E-state index contributed by atoms with van der Waals surface area (Å²) in [5.74, 6) is 2.68. The summed E-state index contributed by atoms with van der Waals surface area (Å²) in [4.78, 5) is 0. The number of hydrogen-bond donors (Lipinski definition) is 0. The van der Waals surface area contributed by atoms with Crippen LogP contribution in [0.1, 0.15) is 62.2 Å². The molecule has 2 aliphatic rings. The van der Waals surface area contributed by atoms with Crippen LogP contribution in [0.2, 0.25) is 0 Å². The predicted molar refractivity (Wildman–Crippen MR) is 120 cm³/mol. The lowest BCUT2D eigenvalue weighted by molar-refractivity contribution is -0.172. The van der Waals surface area contributed by atoms with Gasteiger partial charge in [-0.25, -0.2) is 0 Å². The first-order valence-electron chi connectivity index (χ1n) is 10.9. The van der Waals surface area contributed by atoms with Gasteiger partial charge in [0.15, 0.2) is 23.0 Å². The summed E-state index contributed by atoms with van der Waals surface area (Å²) >= 11 is 0. The van der Waals surface area contributed by atoms with Crippen LogP contribution in [0.4, 0.5) is 0 Å². The average molecular weight is 427 g/mol. The number of benzene rings is 2. The van der Waals surface area contributed by atoms with Crippen molar-refractivity contribution < 1.29 is 23.7 Å². The van der Waals surface area contributed by atoms with Crippen molar-refractivity contribution in [3.05, 3.63) is 46.5 Å². The minimum Gasteiger partial charge on any atom is -0.493 e. The molecule has 5 nitrogen and oxygen atoms in total. The molecular weight excluding hydrogens is 392 g/mol. The van der Waals surface area contributed by atoms with Crippen LogP contribution in [0.25, 0.3) is 0 Å². The highest BCUT2D eigenvalue weighted by Gasteiger charge is 2.43. The molecule has 2 aliphatic heterocycles. The third kappa shape index (κ3) is 3.79. The minimum absolute atomic E-state index is 0.0670. The van der Waals surface area contributed by atoms with Gasteiger partial charge in [-0.05, 0) is 60.4 Å². The van der Waals surface area contributed by atoms with Gasteiger partial charge in [-0.3, -0.25) is 0 Å². The van der Waals surface area contributed by atoms with E-state index in [4.69, 9.17) is 23.7 Å². The number of methoxy groups -OCH3 is 2. The van der Waals surface area contributed by atoms with E-state index < -0.39 is 0 Å². The average Bonchev–Trinajstić information content (AvgIpc) is 2.70. The van der Waals surface area contributed by atoms with Crippen molar-refractivity contribution in [3.8, 4) is 23.0 Å². The standard InChI is InChI=1S/C26H34O5/c1-15-9-21(19(27-7)11-17(15)23-25(3,4)13-29-23)31-22-10-16(2)18(12-20(22)28-8)24-26(5,6)14-30-24/h9-12,23-24H,13-14H2,1-8H3. The maximum absolute atomic E-state index is 6.33. The van der Waals surface area contributed by atoms with Gasteiger partial charge in [-0.1, -0.05) is 27.7 Å². The van der Waals surface area contributed by atoms with Gasteiger partial charge < -0.3 is 23.7 Å². The molecule has 2 aromatic carbocycles. The Morgan fingerprint density at radius 1 is 0.677 bits per heavy atom. The van der Waals surface area contributed by atoms with Crippen LogP contribution in [0, 0.1) is 24.7 Å². The zero-order valence-corrected chi connectivity index (χ0v) is 19.9. The normalized spacial score (nSPS) is 23.5. The molecule has 0 saturated carbocycles. The van der Waals surface area contributed by atoms with E-state index in [0.717, 1.165) is 35.5 Å². The quantitative estimate of drug-likeness (QED) is 0.542. The molecule has 168 valence electrons. The van der Waals surface area contributed by atoms with Gasteiger partial charge >= 0.3 is 0 Å². The molecule has 0 radical (unpaired) electrons. The van der Waals surface area contributed by atoms with Crippen LogP contribution in [0.5, 0.6) is 23.0 Å². The summed E-state index contributed by atoms with van der Waals surface area (Å²) in [5.41, 5.74) is 4.75. The van der Waals surface area contributed by atoms with E-state index in [0.29, 0.717) is 23.0 Å². The molecule has 0 aliphatic carbocycles. The Kier molecular flexibility index (Phi) is 5.47. The molecule has 2 atom stereocenters. The second-order valence-electron chi connectivity index (χ2n) is 10.2. The fourth-order valence-corrected chi connectivity index (χ4v) is 4.54. The summed E-state index contributed by atoms with van der Waals surface area (Å²) in [6.07, 6.45) is 0.134. The van der Waals surface area contributed by atoms with E-state index in [9.17, 15) is 0 Å². The predicted octanol–water partition coefficient (Wildman–Crippen LogP) is 6.31. The highest BCUT2D eigenvalue weighted by atomic mass is 16.5. The van der Waals surface area contributed by atoms with E-state index in [1.807, 2.05) is 24.3 Å². The monoisotopic (exact) mass is 426 g/mol. The van der Waals surface area contributed by atoms with Gasteiger partial charge in [0.05, 0.1) is 39.6 Å². The first kappa shape index (κ1) is 22.0. The molecule has 0 bridgehead atoms. The van der Waals surface area contributed by atoms with Crippen molar-refractivity contribution in [1.82, 2.24) is 0 Å². The van der Waals surface area contributed by atoms with Gasteiger partial charge in [0.2, 0.25) is 0 Å². The topological polar surface area (TPSA) is 46.2 Å². The summed E-state index contributed by atoms with van der Waals surface area (Å²) in [6, 6.07) is 8.11. The van der Waals surface area contributed by atoms with E-state index >= 15 is 0 Å². The zero-order valence-electron chi connectivity index (χ0n) is 19.9. The van der Waals surface area contributed by atoms with E-state index in [-0.39, 0.29) is 23.0 Å². The summed E-state index contributed by atoms with van der Waals surface area (Å²) < 4.78 is 29.4. The van der Waals surface area contributed by atoms with Gasteiger partial charge in [0.1, 0.15) is 0 Å². The van der Waals surface area contributed by atoms with Crippen LogP contribution in [-0.2, 0) is 9.47 Å². The second-order valence-corrected chi connectivity index (χ2v) is 10.2. The first-order valence-corrected chi connectivity index (χ1v) is 10.9. The minimum atomic E-state index is 0.0670. The highest BCUT2D eigenvalue weighted by Crippen LogP contribution is 2.51. The Hall–Kier alpha value is -2.24. The van der Waals surface area contributed by atoms with Crippen LogP contribution in [-0.4, -0.2) is 27.4 Å². The Bertz CT molecular complexity index is 912. The van der Waals surface area contributed by atoms with Gasteiger partial charge in [-0.15, -0.1) is 0 Å². The lowest BCUT2D eigenvalue weighted by Crippen LogP contribution is -2.40. The molecule has 2 fully saturated rings. The molecule has 5 heteroatoms. The fraction of sp³-hybridized carbons (Fsp3) is 0.538. The molecule has 0 spiro atoms. The second kappa shape index (κ2) is 7.72. The van der Waals surface area contributed by atoms with Crippen molar-refractivity contribution in [2.45, 2.75) is 53.8 Å². The fourth-order valence-electron chi connectivity index (χ4n) is 4.54. The summed E-state index contributed by atoms with van der Waals surface area (Å²) in [5, 5.41) is 0. The molecule has 4 rings (SSSR count). The number of ether oxygens (including phenoxy) is 5. The molecular formula is C26H34O5. The van der Waals surface area contributed by atoms with Crippen molar-refractivity contribution in [2.24, 2.45) is 10.8 Å². The van der Waals surface area contributed by atoms with Gasteiger partial charge in [-0.2, -0.15) is 0 Å². The SMILES string of the molecule is COc1cc(C2OCC2(C)C)c(C)cc1Oc1cc(C)c(C2OCC2(C)C)cc1OC. The number of aryl methyl sites for hydroxylation is 2. The molecule has 0 amide bonds. The van der Waals surface area contributed by atoms with E-state index in [1.54, 1.807) is 14.2 Å². The van der Waals surface area contributed by atoms with Crippen LogP contribution in [0.3, 0.4) is 0 Å². The van der Waals surface area contributed by atoms with Crippen molar-refractivity contribution in [3.63, 3.8) is 0 Å². The molecule has 2 saturated heterocycles. The van der Waals surface area contributed by atoms with Crippen molar-refractivity contribution in [1.29, 1.82) is 0 Å². The summed E-state index contributed by atoms with van der Waals surface area (Å²) in [7, 11) is 3.32. The maximum Gasteiger partial charge on any atom is 0.169 e. The molecule has 2 aromatic rings. The molecule has 31 heavy (non-hydrogen) atoms. The molecule has 2 heterocycles.